The van der Waals surface area contributed by atoms with E-state index in [4.69, 9.17) is 4.74 Å². The van der Waals surface area contributed by atoms with Gasteiger partial charge >= 0.3 is 0 Å². The second-order valence-electron chi connectivity index (χ2n) is 4.32. The fraction of sp³-hybridized carbons (Fsp3) is 0.125. The number of nitrogens with zero attached hydrogens (tertiary/aromatic N) is 1. The van der Waals surface area contributed by atoms with Crippen LogP contribution in [0.25, 0.3) is 0 Å². The molecule has 5 nitrogen and oxygen atoms in total. The largest absolute Gasteiger partial charge is 0.497 e. The van der Waals surface area contributed by atoms with Gasteiger partial charge in [-0.2, -0.15) is 5.10 Å². The number of benzene rings is 2. The molecule has 108 valence electrons. The lowest BCUT2D eigenvalue weighted by atomic mass is 10.1. The first kappa shape index (κ1) is 14.7. The topological polar surface area (TPSA) is 70.9 Å². The summed E-state index contributed by atoms with van der Waals surface area (Å²) in [6.45, 7) is 0. The van der Waals surface area contributed by atoms with Gasteiger partial charge in [0.15, 0.2) is 6.10 Å². The third-order valence-electron chi connectivity index (χ3n) is 2.85. The molecule has 0 radical (unpaired) electrons. The van der Waals surface area contributed by atoms with E-state index in [0.717, 1.165) is 5.56 Å². The maximum absolute atomic E-state index is 11.8. The van der Waals surface area contributed by atoms with Crippen molar-refractivity contribution in [2.24, 2.45) is 5.10 Å². The van der Waals surface area contributed by atoms with Crippen molar-refractivity contribution < 1.29 is 14.6 Å². The second kappa shape index (κ2) is 7.21. The van der Waals surface area contributed by atoms with Crippen LogP contribution in [0.15, 0.2) is 59.7 Å². The van der Waals surface area contributed by atoms with E-state index in [1.54, 1.807) is 37.4 Å². The zero-order chi connectivity index (χ0) is 15.1. The number of nitrogens with one attached hydrogen (secondary N) is 1. The van der Waals surface area contributed by atoms with E-state index in [9.17, 15) is 9.90 Å². The number of ether oxygens (including phenoxy) is 1. The minimum absolute atomic E-state index is 0.520. The number of aliphatic hydroxyl groups excluding tert-OH is 1. The Morgan fingerprint density at radius 3 is 2.71 bits per heavy atom. The lowest BCUT2D eigenvalue weighted by Crippen LogP contribution is -2.25. The summed E-state index contributed by atoms with van der Waals surface area (Å²) in [6.07, 6.45) is 0.242. The van der Waals surface area contributed by atoms with Crippen molar-refractivity contribution in [3.8, 4) is 5.75 Å². The van der Waals surface area contributed by atoms with E-state index in [2.05, 4.69) is 10.5 Å². The summed E-state index contributed by atoms with van der Waals surface area (Å²) in [5, 5.41) is 13.7. The number of hydrogen-bond donors (Lipinski definition) is 2. The first-order valence-corrected chi connectivity index (χ1v) is 6.40. The van der Waals surface area contributed by atoms with Crippen LogP contribution in [0.2, 0.25) is 0 Å². The summed E-state index contributed by atoms with van der Waals surface area (Å²) in [5.74, 6) is 0.120. The third kappa shape index (κ3) is 4.15. The first-order valence-electron chi connectivity index (χ1n) is 6.40. The molecule has 0 aliphatic rings. The standard InChI is InChI=1S/C16H16N2O3/c1-21-14-9-5-6-12(10-14)11-17-18-16(20)15(19)13-7-3-2-4-8-13/h2-11,15,19H,1H3,(H,18,20). The van der Waals surface area contributed by atoms with Gasteiger partial charge < -0.3 is 9.84 Å². The van der Waals surface area contributed by atoms with Crippen LogP contribution >= 0.6 is 0 Å². The fourth-order valence-corrected chi connectivity index (χ4v) is 1.74. The van der Waals surface area contributed by atoms with Crippen LogP contribution in [0.4, 0.5) is 0 Å². The average molecular weight is 284 g/mol. The summed E-state index contributed by atoms with van der Waals surface area (Å²) in [6, 6.07) is 15.9. The van der Waals surface area contributed by atoms with E-state index >= 15 is 0 Å². The highest BCUT2D eigenvalue weighted by Crippen LogP contribution is 2.12. The molecular weight excluding hydrogens is 268 g/mol. The molecule has 2 rings (SSSR count). The number of rotatable bonds is 5. The normalized spacial score (nSPS) is 12.1. The molecule has 5 heteroatoms. The van der Waals surface area contributed by atoms with E-state index in [1.165, 1.54) is 6.21 Å². The van der Waals surface area contributed by atoms with Crippen molar-refractivity contribution in [1.29, 1.82) is 0 Å². The second-order valence-corrected chi connectivity index (χ2v) is 4.32. The zero-order valence-electron chi connectivity index (χ0n) is 11.6. The average Bonchev–Trinajstić information content (AvgIpc) is 2.55. The van der Waals surface area contributed by atoms with Gasteiger partial charge in [-0.1, -0.05) is 42.5 Å². The van der Waals surface area contributed by atoms with Crippen molar-refractivity contribution in [1.82, 2.24) is 5.43 Å². The predicted molar refractivity (Wildman–Crippen MR) is 80.1 cm³/mol. The van der Waals surface area contributed by atoms with Crippen molar-refractivity contribution in [2.45, 2.75) is 6.10 Å². The van der Waals surface area contributed by atoms with Crippen molar-refractivity contribution in [3.63, 3.8) is 0 Å². The Balaban J connectivity index is 1.95. The first-order chi connectivity index (χ1) is 10.2. The van der Waals surface area contributed by atoms with Crippen LogP contribution in [-0.2, 0) is 4.79 Å². The maximum Gasteiger partial charge on any atom is 0.273 e. The van der Waals surface area contributed by atoms with Gasteiger partial charge in [0.1, 0.15) is 5.75 Å². The summed E-state index contributed by atoms with van der Waals surface area (Å²) < 4.78 is 5.09. The number of hydrogen-bond acceptors (Lipinski definition) is 4. The van der Waals surface area contributed by atoms with Gasteiger partial charge in [-0.25, -0.2) is 5.43 Å². The molecule has 2 N–H and O–H groups in total. The monoisotopic (exact) mass is 284 g/mol. The van der Waals surface area contributed by atoms with Gasteiger partial charge in [-0.3, -0.25) is 4.79 Å². The highest BCUT2D eigenvalue weighted by atomic mass is 16.5. The van der Waals surface area contributed by atoms with Crippen molar-refractivity contribution >= 4 is 12.1 Å². The van der Waals surface area contributed by atoms with E-state index in [-0.39, 0.29) is 0 Å². The summed E-state index contributed by atoms with van der Waals surface area (Å²) in [4.78, 5) is 11.8. The number of amides is 1. The Labute approximate surface area is 122 Å². The van der Waals surface area contributed by atoms with Gasteiger partial charge in [-0.05, 0) is 23.3 Å². The molecule has 2 aromatic rings. The minimum atomic E-state index is -1.24. The van der Waals surface area contributed by atoms with Crippen LogP contribution in [0.3, 0.4) is 0 Å². The molecule has 0 spiro atoms. The Bertz CT molecular complexity index is 626. The molecule has 21 heavy (non-hydrogen) atoms. The number of methoxy groups -OCH3 is 1. The Kier molecular flexibility index (Phi) is 5.06. The van der Waals surface area contributed by atoms with E-state index < -0.39 is 12.0 Å². The van der Waals surface area contributed by atoms with Crippen LogP contribution in [0.1, 0.15) is 17.2 Å². The van der Waals surface area contributed by atoms with Crippen molar-refractivity contribution in [2.75, 3.05) is 7.11 Å². The van der Waals surface area contributed by atoms with Gasteiger partial charge in [0.2, 0.25) is 0 Å². The number of aliphatic hydroxyl groups is 1. The van der Waals surface area contributed by atoms with Crippen LogP contribution < -0.4 is 10.2 Å². The molecule has 1 atom stereocenters. The number of hydrazone groups is 1. The van der Waals surface area contributed by atoms with Crippen molar-refractivity contribution in [3.05, 3.63) is 65.7 Å². The molecule has 1 amide bonds. The van der Waals surface area contributed by atoms with Gasteiger partial charge in [-0.15, -0.1) is 0 Å². The molecule has 0 fully saturated rings. The minimum Gasteiger partial charge on any atom is -0.497 e. The molecule has 0 aromatic heterocycles. The Morgan fingerprint density at radius 2 is 2.00 bits per heavy atom. The van der Waals surface area contributed by atoms with Crippen LogP contribution in [0.5, 0.6) is 5.75 Å². The SMILES string of the molecule is COc1cccc(C=NNC(=O)C(O)c2ccccc2)c1. The molecule has 0 saturated heterocycles. The zero-order valence-corrected chi connectivity index (χ0v) is 11.6. The van der Waals surface area contributed by atoms with E-state index in [1.807, 2.05) is 24.3 Å². The molecule has 0 bridgehead atoms. The van der Waals surface area contributed by atoms with E-state index in [0.29, 0.717) is 11.3 Å². The molecule has 0 aliphatic carbocycles. The van der Waals surface area contributed by atoms with Crippen LogP contribution in [0, 0.1) is 0 Å². The van der Waals surface area contributed by atoms with Gasteiger partial charge in [0.25, 0.3) is 5.91 Å². The summed E-state index contributed by atoms with van der Waals surface area (Å²) in [5.41, 5.74) is 3.61. The summed E-state index contributed by atoms with van der Waals surface area (Å²) >= 11 is 0. The third-order valence-corrected chi connectivity index (χ3v) is 2.85. The fourth-order valence-electron chi connectivity index (χ4n) is 1.74. The van der Waals surface area contributed by atoms with Crippen LogP contribution in [-0.4, -0.2) is 24.3 Å². The Hall–Kier alpha value is -2.66. The smallest absolute Gasteiger partial charge is 0.273 e. The Morgan fingerprint density at radius 1 is 1.24 bits per heavy atom. The predicted octanol–water partition coefficient (Wildman–Crippen LogP) is 1.88. The number of carbonyl (C=O) groups excluding carboxylic acids is 1. The lowest BCUT2D eigenvalue weighted by Gasteiger charge is -2.08. The molecular formula is C16H16N2O3. The molecule has 2 aromatic carbocycles. The van der Waals surface area contributed by atoms with Gasteiger partial charge in [0.05, 0.1) is 13.3 Å². The molecule has 0 heterocycles. The highest BCUT2D eigenvalue weighted by Gasteiger charge is 2.15. The molecule has 0 aliphatic heterocycles. The highest BCUT2D eigenvalue weighted by molar-refractivity contribution is 5.85. The lowest BCUT2D eigenvalue weighted by molar-refractivity contribution is -0.129. The molecule has 0 saturated carbocycles. The molecule has 1 unspecified atom stereocenters. The maximum atomic E-state index is 11.8. The number of carbonyl (C=O) groups is 1. The van der Waals surface area contributed by atoms with Gasteiger partial charge in [0, 0.05) is 0 Å². The quantitative estimate of drug-likeness (QED) is 0.650. The summed E-state index contributed by atoms with van der Waals surface area (Å²) in [7, 11) is 1.58.